The number of aryl methyl sites for hydroxylation is 1. The Balaban J connectivity index is 1.18. The molecule has 1 aromatic heterocycles. The molecule has 5 aromatic rings. The van der Waals surface area contributed by atoms with E-state index in [9.17, 15) is 24.0 Å². The second-order valence-electron chi connectivity index (χ2n) is 13.9. The van der Waals surface area contributed by atoms with E-state index in [4.69, 9.17) is 15.2 Å². The van der Waals surface area contributed by atoms with Gasteiger partial charge in [0.1, 0.15) is 30.3 Å². The summed E-state index contributed by atoms with van der Waals surface area (Å²) in [6.07, 6.45) is 4.87. The number of benzene rings is 4. The molecule has 0 radical (unpaired) electrons. The number of hydrogen-bond acceptors (Lipinski definition) is 10. The lowest BCUT2D eigenvalue weighted by Gasteiger charge is -2.26. The Kier molecular flexibility index (Phi) is 11.0. The number of amides is 2. The highest BCUT2D eigenvalue weighted by atomic mass is 16.5. The molecule has 12 nitrogen and oxygen atoms in total. The molecule has 0 aliphatic carbocycles. The maximum Gasteiger partial charge on any atom is 0.329 e. The van der Waals surface area contributed by atoms with E-state index in [1.165, 1.54) is 0 Å². The van der Waals surface area contributed by atoms with Crippen molar-refractivity contribution >= 4 is 47.5 Å². The molecule has 3 heterocycles. The van der Waals surface area contributed by atoms with Crippen molar-refractivity contribution < 1.29 is 33.4 Å². The molecule has 284 valence electrons. The second kappa shape index (κ2) is 16.4. The van der Waals surface area contributed by atoms with Crippen LogP contribution in [0.3, 0.4) is 0 Å². The fraction of sp³-hybridized carbons (Fsp3) is 0.227. The Morgan fingerprint density at radius 2 is 1.55 bits per heavy atom. The largest absolute Gasteiger partial charge is 0.490 e. The van der Waals surface area contributed by atoms with Crippen molar-refractivity contribution in [3.8, 4) is 16.9 Å². The summed E-state index contributed by atoms with van der Waals surface area (Å²) < 4.78 is 11.5. The Bertz CT molecular complexity index is 2270. The fourth-order valence-electron chi connectivity index (χ4n) is 7.26. The molecule has 2 atom stereocenters. The van der Waals surface area contributed by atoms with Crippen LogP contribution in [0.15, 0.2) is 115 Å². The summed E-state index contributed by atoms with van der Waals surface area (Å²) in [7, 11) is 0. The highest BCUT2D eigenvalue weighted by Crippen LogP contribution is 2.45. The SMILES string of the molecule is Nc1ncccc1OCCCCc1ccc2c(c1)C(=O)NCC(=O)N2c1ccc(C[C@@]2(C(=O)OCc3ccccc3)NC2(C=O)CC=O)cc1-c1ccccc1. The number of hydrogen-bond donors (Lipinski definition) is 3. The van der Waals surface area contributed by atoms with Gasteiger partial charge in [-0.15, -0.1) is 0 Å². The van der Waals surface area contributed by atoms with E-state index in [1.54, 1.807) is 41.4 Å². The zero-order valence-corrected chi connectivity index (χ0v) is 30.6. The Hall–Kier alpha value is -6.66. The van der Waals surface area contributed by atoms with Crippen LogP contribution in [0, 0.1) is 0 Å². The van der Waals surface area contributed by atoms with Gasteiger partial charge in [0.15, 0.2) is 11.6 Å². The summed E-state index contributed by atoms with van der Waals surface area (Å²) in [6.45, 7) is 0.233. The van der Waals surface area contributed by atoms with Crippen molar-refractivity contribution in [2.45, 2.75) is 49.8 Å². The minimum atomic E-state index is -1.49. The molecule has 2 amide bonds. The normalized spacial score (nSPS) is 18.6. The Morgan fingerprint density at radius 3 is 2.29 bits per heavy atom. The van der Waals surface area contributed by atoms with E-state index in [0.29, 0.717) is 65.2 Å². The van der Waals surface area contributed by atoms with Crippen molar-refractivity contribution in [3.63, 3.8) is 0 Å². The van der Waals surface area contributed by atoms with Gasteiger partial charge in [-0.3, -0.25) is 19.8 Å². The van der Waals surface area contributed by atoms with E-state index < -0.39 is 17.0 Å². The first-order chi connectivity index (χ1) is 27.3. The zero-order chi connectivity index (χ0) is 39.1. The lowest BCUT2D eigenvalue weighted by Crippen LogP contribution is -2.39. The van der Waals surface area contributed by atoms with Crippen LogP contribution in [0.25, 0.3) is 11.1 Å². The third-order valence-corrected chi connectivity index (χ3v) is 10.3. The second-order valence-corrected chi connectivity index (χ2v) is 13.9. The van der Waals surface area contributed by atoms with Crippen LogP contribution < -0.4 is 26.0 Å². The van der Waals surface area contributed by atoms with E-state index in [2.05, 4.69) is 15.6 Å². The summed E-state index contributed by atoms with van der Waals surface area (Å²) >= 11 is 0. The lowest BCUT2D eigenvalue weighted by molar-refractivity contribution is -0.149. The number of nitrogens with one attached hydrogen (secondary N) is 2. The van der Waals surface area contributed by atoms with Crippen molar-refractivity contribution in [1.29, 1.82) is 0 Å². The van der Waals surface area contributed by atoms with Gasteiger partial charge in [0, 0.05) is 24.6 Å². The van der Waals surface area contributed by atoms with Crippen LogP contribution in [0.1, 0.15) is 46.3 Å². The maximum absolute atomic E-state index is 13.9. The summed E-state index contributed by atoms with van der Waals surface area (Å²) in [6, 6.07) is 33.2. The monoisotopic (exact) mass is 751 g/mol. The van der Waals surface area contributed by atoms with Crippen molar-refractivity contribution in [2.75, 3.05) is 23.8 Å². The molecule has 2 aliphatic heterocycles. The average molecular weight is 752 g/mol. The molecule has 7 rings (SSSR count). The molecule has 56 heavy (non-hydrogen) atoms. The standard InChI is InChI=1S/C44H41N5O7/c45-40-38(15-9-21-46-40)55-23-8-7-10-30-16-18-37-35(24-30)41(53)47-27-39(52)49(37)36-19-17-32(25-34(36)33-13-5-2-6-14-33)26-44(43(29-51,48-44)20-22-50)42(54)56-28-31-11-3-1-4-12-31/h1-6,9,11-19,21-22,24-25,29,48H,7-8,10,20,23,26-28H2,(H2,45,46)(H,47,53)/t43?,44-/m0/s1. The first kappa shape index (κ1) is 37.6. The fourth-order valence-corrected chi connectivity index (χ4v) is 7.26. The zero-order valence-electron chi connectivity index (χ0n) is 30.6. The molecule has 12 heteroatoms. The lowest BCUT2D eigenvalue weighted by atomic mass is 9.85. The minimum absolute atomic E-state index is 0.00553. The predicted molar refractivity (Wildman–Crippen MR) is 210 cm³/mol. The maximum atomic E-state index is 13.9. The van der Waals surface area contributed by atoms with Gasteiger partial charge in [-0.05, 0) is 77.9 Å². The highest BCUT2D eigenvalue weighted by molar-refractivity contribution is 6.14. The summed E-state index contributed by atoms with van der Waals surface area (Å²) in [5.41, 5.74) is 8.10. The number of carbonyl (C=O) groups excluding carboxylic acids is 5. The third-order valence-electron chi connectivity index (χ3n) is 10.3. The number of pyridine rings is 1. The minimum Gasteiger partial charge on any atom is -0.490 e. The van der Waals surface area contributed by atoms with Crippen LogP contribution in [0.5, 0.6) is 5.75 Å². The number of aromatic nitrogens is 1. The topological polar surface area (TPSA) is 180 Å². The number of nitrogens with zero attached hydrogens (tertiary/aromatic N) is 2. The molecular formula is C44H41N5O7. The van der Waals surface area contributed by atoms with Gasteiger partial charge >= 0.3 is 5.97 Å². The van der Waals surface area contributed by atoms with E-state index in [-0.39, 0.29) is 37.8 Å². The van der Waals surface area contributed by atoms with Gasteiger partial charge in [-0.1, -0.05) is 72.8 Å². The number of carbonyl (C=O) groups is 5. The van der Waals surface area contributed by atoms with Crippen LogP contribution in [0.4, 0.5) is 17.2 Å². The number of fused-ring (bicyclic) bond motifs is 1. The smallest absolute Gasteiger partial charge is 0.329 e. The number of aldehydes is 2. The van der Waals surface area contributed by atoms with Crippen LogP contribution >= 0.6 is 0 Å². The average Bonchev–Trinajstić information content (AvgIpc) is 3.90. The first-order valence-electron chi connectivity index (χ1n) is 18.4. The first-order valence-corrected chi connectivity index (χ1v) is 18.4. The Morgan fingerprint density at radius 1 is 0.839 bits per heavy atom. The van der Waals surface area contributed by atoms with Crippen molar-refractivity contribution in [3.05, 3.63) is 138 Å². The third kappa shape index (κ3) is 7.64. The molecule has 0 bridgehead atoms. The molecule has 1 unspecified atom stereocenters. The number of unbranched alkanes of at least 4 members (excludes halogenated alkanes) is 1. The van der Waals surface area contributed by atoms with Crippen molar-refractivity contribution in [1.82, 2.24) is 15.6 Å². The summed E-state index contributed by atoms with van der Waals surface area (Å²) in [5.74, 6) is -0.465. The van der Waals surface area contributed by atoms with Crippen LogP contribution in [0.2, 0.25) is 0 Å². The number of rotatable bonds is 16. The molecule has 4 N–H and O–H groups in total. The van der Waals surface area contributed by atoms with Gasteiger partial charge in [0.25, 0.3) is 11.8 Å². The van der Waals surface area contributed by atoms with E-state index in [1.807, 2.05) is 78.9 Å². The highest BCUT2D eigenvalue weighted by Gasteiger charge is 2.72. The Labute approximate surface area is 324 Å². The summed E-state index contributed by atoms with van der Waals surface area (Å²) in [4.78, 5) is 71.0. The number of anilines is 3. The molecular weight excluding hydrogens is 711 g/mol. The number of ether oxygens (including phenoxy) is 2. The van der Waals surface area contributed by atoms with Gasteiger partial charge in [-0.25, -0.2) is 9.78 Å². The van der Waals surface area contributed by atoms with Crippen LogP contribution in [-0.4, -0.2) is 59.6 Å². The molecule has 4 aromatic carbocycles. The number of nitrogen functional groups attached to an aromatic ring is 1. The molecule has 0 saturated carbocycles. The molecule has 2 aliphatic rings. The van der Waals surface area contributed by atoms with E-state index in [0.717, 1.165) is 29.5 Å². The van der Waals surface area contributed by atoms with Gasteiger partial charge in [-0.2, -0.15) is 0 Å². The summed E-state index contributed by atoms with van der Waals surface area (Å²) in [5, 5.41) is 5.80. The number of nitrogens with two attached hydrogens (primary N) is 1. The van der Waals surface area contributed by atoms with Gasteiger partial charge < -0.3 is 30.1 Å². The molecule has 0 spiro atoms. The number of esters is 1. The molecule has 1 saturated heterocycles. The van der Waals surface area contributed by atoms with Gasteiger partial charge in [0.05, 0.1) is 30.1 Å². The predicted octanol–water partition coefficient (Wildman–Crippen LogP) is 5.30. The van der Waals surface area contributed by atoms with Crippen LogP contribution in [-0.2, 0) is 43.4 Å². The van der Waals surface area contributed by atoms with Crippen molar-refractivity contribution in [2.24, 2.45) is 0 Å². The van der Waals surface area contributed by atoms with Gasteiger partial charge in [0.2, 0.25) is 0 Å². The van der Waals surface area contributed by atoms with E-state index >= 15 is 0 Å². The molecule has 1 fully saturated rings. The quantitative estimate of drug-likeness (QED) is 0.0519.